The number of amides is 1. The molecule has 0 fully saturated rings. The molecule has 0 aliphatic carbocycles. The van der Waals surface area contributed by atoms with Gasteiger partial charge in [-0.2, -0.15) is 0 Å². The second-order valence-electron chi connectivity index (χ2n) is 5.21. The number of carbonyl (C=O) groups is 2. The first-order chi connectivity index (χ1) is 11.0. The van der Waals surface area contributed by atoms with Crippen molar-refractivity contribution in [1.29, 1.82) is 0 Å². The van der Waals surface area contributed by atoms with Crippen molar-refractivity contribution in [3.8, 4) is 0 Å². The highest BCUT2D eigenvalue weighted by Gasteiger charge is 2.13. The summed E-state index contributed by atoms with van der Waals surface area (Å²) in [5.41, 5.74) is 2.04. The molecule has 4 nitrogen and oxygen atoms in total. The topological polar surface area (TPSA) is 55.4 Å². The molecular weight excluding hydrogens is 297 g/mol. The molecule has 1 atom stereocenters. The van der Waals surface area contributed by atoms with Crippen LogP contribution in [0, 0.1) is 5.82 Å². The van der Waals surface area contributed by atoms with E-state index >= 15 is 0 Å². The minimum atomic E-state index is -0.470. The van der Waals surface area contributed by atoms with Crippen LogP contribution in [0.2, 0.25) is 0 Å². The molecule has 0 saturated heterocycles. The minimum absolute atomic E-state index is 0.110. The number of halogens is 1. The second kappa shape index (κ2) is 7.54. The summed E-state index contributed by atoms with van der Waals surface area (Å²) < 4.78 is 18.3. The first kappa shape index (κ1) is 16.7. The Balaban J connectivity index is 1.97. The minimum Gasteiger partial charge on any atom is -0.454 e. The van der Waals surface area contributed by atoms with E-state index in [0.29, 0.717) is 12.1 Å². The molecule has 0 aliphatic heterocycles. The van der Waals surface area contributed by atoms with Crippen LogP contribution in [0.3, 0.4) is 0 Å². The molecule has 0 unspecified atom stereocenters. The molecule has 0 heterocycles. The van der Waals surface area contributed by atoms with Crippen LogP contribution < -0.4 is 5.32 Å². The molecule has 0 bridgehead atoms. The summed E-state index contributed by atoms with van der Waals surface area (Å²) in [4.78, 5) is 23.0. The fourth-order valence-electron chi connectivity index (χ4n) is 2.02. The van der Waals surface area contributed by atoms with Gasteiger partial charge in [0.25, 0.3) is 0 Å². The molecule has 23 heavy (non-hydrogen) atoms. The Hall–Kier alpha value is -2.69. The summed E-state index contributed by atoms with van der Waals surface area (Å²) in [6.45, 7) is 3.59. The predicted molar refractivity (Wildman–Crippen MR) is 84.2 cm³/mol. The number of rotatable bonds is 5. The molecule has 1 amide bonds. The average Bonchev–Trinajstić information content (AvgIpc) is 2.54. The van der Waals surface area contributed by atoms with Gasteiger partial charge in [0.2, 0.25) is 5.91 Å². The fourth-order valence-corrected chi connectivity index (χ4v) is 2.02. The standard InChI is InChI=1S/C18H18FNO3/c1-12(15-7-9-17(19)10-8-15)23-18(22)16-5-3-14(4-6-16)11-20-13(2)21/h3-10,12H,11H2,1-2H3,(H,20,21)/t12-/m0/s1. The van der Waals surface area contributed by atoms with Crippen LogP contribution in [0.1, 0.15) is 41.4 Å². The molecule has 5 heteroatoms. The van der Waals surface area contributed by atoms with E-state index in [4.69, 9.17) is 4.74 Å². The molecule has 2 aromatic carbocycles. The third kappa shape index (κ3) is 4.92. The Bertz CT molecular complexity index is 680. The Morgan fingerprint density at radius 3 is 2.26 bits per heavy atom. The number of hydrogen-bond donors (Lipinski definition) is 1. The number of ether oxygens (including phenoxy) is 1. The van der Waals surface area contributed by atoms with Gasteiger partial charge in [-0.05, 0) is 42.3 Å². The number of benzene rings is 2. The molecule has 2 rings (SSSR count). The zero-order valence-corrected chi connectivity index (χ0v) is 13.0. The highest BCUT2D eigenvalue weighted by molar-refractivity contribution is 5.89. The average molecular weight is 315 g/mol. The van der Waals surface area contributed by atoms with E-state index in [9.17, 15) is 14.0 Å². The van der Waals surface area contributed by atoms with E-state index in [-0.39, 0.29) is 11.7 Å². The van der Waals surface area contributed by atoms with Gasteiger partial charge in [0.15, 0.2) is 0 Å². The van der Waals surface area contributed by atoms with Gasteiger partial charge in [0, 0.05) is 13.5 Å². The highest BCUT2D eigenvalue weighted by Crippen LogP contribution is 2.19. The van der Waals surface area contributed by atoms with Gasteiger partial charge in [-0.25, -0.2) is 9.18 Å². The molecule has 0 spiro atoms. The lowest BCUT2D eigenvalue weighted by molar-refractivity contribution is -0.119. The number of esters is 1. The molecule has 0 aliphatic rings. The summed E-state index contributed by atoms with van der Waals surface area (Å²) in [5.74, 6) is -0.892. The Kier molecular flexibility index (Phi) is 5.46. The molecule has 120 valence electrons. The molecular formula is C18H18FNO3. The number of nitrogens with one attached hydrogen (secondary N) is 1. The summed E-state index contributed by atoms with van der Waals surface area (Å²) in [6, 6.07) is 12.7. The van der Waals surface area contributed by atoms with Crippen molar-refractivity contribution in [1.82, 2.24) is 5.32 Å². The maximum atomic E-state index is 12.9. The van der Waals surface area contributed by atoms with Gasteiger partial charge in [-0.1, -0.05) is 24.3 Å². The van der Waals surface area contributed by atoms with Crippen LogP contribution in [-0.4, -0.2) is 11.9 Å². The number of carbonyl (C=O) groups excluding carboxylic acids is 2. The van der Waals surface area contributed by atoms with Gasteiger partial charge < -0.3 is 10.1 Å². The monoisotopic (exact) mass is 315 g/mol. The van der Waals surface area contributed by atoms with Gasteiger partial charge in [-0.15, -0.1) is 0 Å². The van der Waals surface area contributed by atoms with E-state index in [1.54, 1.807) is 43.3 Å². The Labute approximate surface area is 134 Å². The van der Waals surface area contributed by atoms with E-state index in [1.165, 1.54) is 19.1 Å². The van der Waals surface area contributed by atoms with Gasteiger partial charge in [-0.3, -0.25) is 4.79 Å². The zero-order chi connectivity index (χ0) is 16.8. The summed E-state index contributed by atoms with van der Waals surface area (Å²) in [5, 5.41) is 2.68. The molecule has 1 N–H and O–H groups in total. The van der Waals surface area contributed by atoms with Crippen LogP contribution in [0.4, 0.5) is 4.39 Å². The summed E-state index contributed by atoms with van der Waals surface area (Å²) in [7, 11) is 0. The third-order valence-corrected chi connectivity index (χ3v) is 3.35. The van der Waals surface area contributed by atoms with Gasteiger partial charge >= 0.3 is 5.97 Å². The fraction of sp³-hybridized carbons (Fsp3) is 0.222. The van der Waals surface area contributed by atoms with Crippen LogP contribution in [-0.2, 0) is 16.1 Å². The van der Waals surface area contributed by atoms with Crippen LogP contribution in [0.15, 0.2) is 48.5 Å². The smallest absolute Gasteiger partial charge is 0.338 e. The lowest BCUT2D eigenvalue weighted by atomic mass is 10.1. The van der Waals surface area contributed by atoms with E-state index in [1.807, 2.05) is 0 Å². The number of hydrogen-bond acceptors (Lipinski definition) is 3. The largest absolute Gasteiger partial charge is 0.454 e. The van der Waals surface area contributed by atoms with Crippen molar-refractivity contribution in [2.24, 2.45) is 0 Å². The quantitative estimate of drug-likeness (QED) is 0.861. The van der Waals surface area contributed by atoms with E-state index in [2.05, 4.69) is 5.32 Å². The first-order valence-electron chi connectivity index (χ1n) is 7.25. The van der Waals surface area contributed by atoms with Crippen molar-refractivity contribution in [2.45, 2.75) is 26.5 Å². The molecule has 0 aromatic heterocycles. The van der Waals surface area contributed by atoms with Crippen molar-refractivity contribution < 1.29 is 18.7 Å². The summed E-state index contributed by atoms with van der Waals surface area (Å²) in [6.07, 6.45) is -0.470. The highest BCUT2D eigenvalue weighted by atomic mass is 19.1. The normalized spacial score (nSPS) is 11.6. The maximum Gasteiger partial charge on any atom is 0.338 e. The summed E-state index contributed by atoms with van der Waals surface area (Å²) >= 11 is 0. The van der Waals surface area contributed by atoms with Crippen molar-refractivity contribution in [3.63, 3.8) is 0 Å². The van der Waals surface area contributed by atoms with Crippen LogP contribution >= 0.6 is 0 Å². The Morgan fingerprint density at radius 1 is 1.09 bits per heavy atom. The van der Waals surface area contributed by atoms with Gasteiger partial charge in [0.05, 0.1) is 5.56 Å². The molecule has 0 radical (unpaired) electrons. The lowest BCUT2D eigenvalue weighted by Crippen LogP contribution is -2.18. The van der Waals surface area contributed by atoms with E-state index in [0.717, 1.165) is 11.1 Å². The second-order valence-corrected chi connectivity index (χ2v) is 5.21. The zero-order valence-electron chi connectivity index (χ0n) is 13.0. The van der Waals surface area contributed by atoms with Crippen molar-refractivity contribution in [3.05, 3.63) is 71.0 Å². The molecule has 2 aromatic rings. The van der Waals surface area contributed by atoms with E-state index < -0.39 is 12.1 Å². The SMILES string of the molecule is CC(=O)NCc1ccc(C(=O)O[C@@H](C)c2ccc(F)cc2)cc1. The van der Waals surface area contributed by atoms with Crippen LogP contribution in [0.25, 0.3) is 0 Å². The Morgan fingerprint density at radius 2 is 1.70 bits per heavy atom. The van der Waals surface area contributed by atoms with Crippen LogP contribution in [0.5, 0.6) is 0 Å². The lowest BCUT2D eigenvalue weighted by Gasteiger charge is -2.14. The predicted octanol–water partition coefficient (Wildman–Crippen LogP) is 3.38. The third-order valence-electron chi connectivity index (χ3n) is 3.35. The van der Waals surface area contributed by atoms with Crippen molar-refractivity contribution >= 4 is 11.9 Å². The first-order valence-corrected chi connectivity index (χ1v) is 7.25. The van der Waals surface area contributed by atoms with Crippen molar-refractivity contribution in [2.75, 3.05) is 0 Å². The van der Waals surface area contributed by atoms with Gasteiger partial charge in [0.1, 0.15) is 11.9 Å². The molecule has 0 saturated carbocycles. The maximum absolute atomic E-state index is 12.9.